The van der Waals surface area contributed by atoms with Gasteiger partial charge in [-0.2, -0.15) is 5.10 Å². The predicted octanol–water partition coefficient (Wildman–Crippen LogP) is 6.90. The lowest BCUT2D eigenvalue weighted by Crippen LogP contribution is -2.38. The van der Waals surface area contributed by atoms with Gasteiger partial charge in [-0.05, 0) is 67.1 Å². The number of halogens is 2. The van der Waals surface area contributed by atoms with Gasteiger partial charge in [-0.25, -0.2) is 13.9 Å². The van der Waals surface area contributed by atoms with Gasteiger partial charge in [0.1, 0.15) is 11.6 Å². The van der Waals surface area contributed by atoms with Crippen molar-refractivity contribution in [1.29, 1.82) is 0 Å². The maximum Gasteiger partial charge on any atom is 0.322 e. The van der Waals surface area contributed by atoms with Crippen LogP contribution in [0.2, 0.25) is 5.02 Å². The van der Waals surface area contributed by atoms with E-state index < -0.39 is 6.04 Å². The molecule has 1 N–H and O–H groups in total. The standard InChI is InChI=1S/C29H23ClFN5O/c1-19-25-18-35(29(37)32-23-11-6-9-21(30)17-23)27(20-8-5-10-22(31)16-20)26-14-7-15-34(26)28(25)36(33-19)24-12-3-2-4-13-24/h2-17,27H,18H2,1H3,(H,32,37)/t27-/m0/s1. The van der Waals surface area contributed by atoms with Crippen LogP contribution < -0.4 is 5.32 Å². The Hall–Kier alpha value is -4.36. The number of anilines is 1. The Kier molecular flexibility index (Phi) is 5.77. The molecule has 5 aromatic rings. The van der Waals surface area contributed by atoms with E-state index in [9.17, 15) is 9.18 Å². The molecule has 0 unspecified atom stereocenters. The number of carbonyl (C=O) groups is 1. The highest BCUT2D eigenvalue weighted by atomic mass is 35.5. The van der Waals surface area contributed by atoms with Crippen LogP contribution in [0.25, 0.3) is 11.5 Å². The molecule has 1 aliphatic rings. The molecule has 0 radical (unpaired) electrons. The summed E-state index contributed by atoms with van der Waals surface area (Å²) in [5.41, 5.74) is 4.68. The Labute approximate surface area is 218 Å². The Bertz CT molecular complexity index is 1610. The summed E-state index contributed by atoms with van der Waals surface area (Å²) in [6, 6.07) is 26.3. The molecular formula is C29H23ClFN5O. The molecule has 0 aliphatic carbocycles. The van der Waals surface area contributed by atoms with Gasteiger partial charge in [0.05, 0.1) is 29.7 Å². The highest BCUT2D eigenvalue weighted by Gasteiger charge is 2.36. The number of benzene rings is 3. The number of para-hydroxylation sites is 1. The number of nitrogens with zero attached hydrogens (tertiary/aromatic N) is 4. The molecule has 0 fully saturated rings. The summed E-state index contributed by atoms with van der Waals surface area (Å²) in [6.45, 7) is 2.21. The van der Waals surface area contributed by atoms with E-state index >= 15 is 0 Å². The molecule has 0 saturated carbocycles. The maximum absolute atomic E-state index is 14.4. The van der Waals surface area contributed by atoms with Crippen molar-refractivity contribution < 1.29 is 9.18 Å². The van der Waals surface area contributed by atoms with Crippen LogP contribution in [0.1, 0.15) is 28.6 Å². The minimum Gasteiger partial charge on any atom is -0.308 e. The molecule has 0 spiro atoms. The molecule has 3 aromatic carbocycles. The third kappa shape index (κ3) is 4.17. The summed E-state index contributed by atoms with van der Waals surface area (Å²) in [4.78, 5) is 15.6. The number of amides is 2. The van der Waals surface area contributed by atoms with E-state index in [2.05, 4.69) is 5.32 Å². The van der Waals surface area contributed by atoms with Crippen molar-refractivity contribution in [3.05, 3.63) is 131 Å². The molecule has 0 saturated heterocycles. The number of carbonyl (C=O) groups excluding carboxylic acids is 1. The van der Waals surface area contributed by atoms with E-state index in [0.29, 0.717) is 16.3 Å². The third-order valence-electron chi connectivity index (χ3n) is 6.59. The lowest BCUT2D eigenvalue weighted by molar-refractivity contribution is 0.194. The number of hydrogen-bond donors (Lipinski definition) is 1. The second kappa shape index (κ2) is 9.26. The molecule has 2 amide bonds. The Balaban J connectivity index is 1.54. The molecular weight excluding hydrogens is 489 g/mol. The first-order valence-electron chi connectivity index (χ1n) is 11.9. The third-order valence-corrected chi connectivity index (χ3v) is 6.82. The number of urea groups is 1. The predicted molar refractivity (Wildman–Crippen MR) is 142 cm³/mol. The van der Waals surface area contributed by atoms with E-state index in [1.807, 2.05) is 70.9 Å². The molecule has 37 heavy (non-hydrogen) atoms. The van der Waals surface area contributed by atoms with Crippen molar-refractivity contribution in [2.45, 2.75) is 19.5 Å². The summed E-state index contributed by atoms with van der Waals surface area (Å²) in [5, 5.41) is 8.34. The highest BCUT2D eigenvalue weighted by molar-refractivity contribution is 6.30. The van der Waals surface area contributed by atoms with E-state index in [1.54, 1.807) is 35.2 Å². The summed E-state index contributed by atoms with van der Waals surface area (Å²) >= 11 is 6.16. The van der Waals surface area contributed by atoms with Gasteiger partial charge in [0.15, 0.2) is 0 Å². The zero-order valence-electron chi connectivity index (χ0n) is 20.0. The van der Waals surface area contributed by atoms with E-state index in [0.717, 1.165) is 28.5 Å². The van der Waals surface area contributed by atoms with Crippen molar-refractivity contribution in [2.24, 2.45) is 0 Å². The van der Waals surface area contributed by atoms with E-state index in [-0.39, 0.29) is 18.4 Å². The molecule has 2 aromatic heterocycles. The van der Waals surface area contributed by atoms with Gasteiger partial charge in [-0.1, -0.05) is 48.0 Å². The van der Waals surface area contributed by atoms with Crippen LogP contribution in [-0.4, -0.2) is 25.3 Å². The van der Waals surface area contributed by atoms with Crippen molar-refractivity contribution in [3.8, 4) is 11.5 Å². The minimum absolute atomic E-state index is 0.267. The van der Waals surface area contributed by atoms with Gasteiger partial charge in [0, 0.05) is 22.5 Å². The summed E-state index contributed by atoms with van der Waals surface area (Å²) < 4.78 is 18.4. The normalized spacial score (nSPS) is 14.6. The molecule has 6 rings (SSSR count). The molecule has 6 nitrogen and oxygen atoms in total. The van der Waals surface area contributed by atoms with Gasteiger partial charge in [0.25, 0.3) is 0 Å². The SMILES string of the molecule is Cc1nn(-c2ccccc2)c2c1CN(C(=O)Nc1cccc(Cl)c1)[C@@H](c1cccc(F)c1)c1cccn1-2. The van der Waals surface area contributed by atoms with Crippen LogP contribution in [0, 0.1) is 12.7 Å². The maximum atomic E-state index is 14.4. The van der Waals surface area contributed by atoms with Gasteiger partial charge in [-0.3, -0.25) is 0 Å². The van der Waals surface area contributed by atoms with Gasteiger partial charge in [-0.15, -0.1) is 0 Å². The van der Waals surface area contributed by atoms with Crippen LogP contribution in [0.3, 0.4) is 0 Å². The first kappa shape index (κ1) is 23.1. The molecule has 8 heteroatoms. The molecule has 184 valence electrons. The number of fused-ring (bicyclic) bond motifs is 3. The van der Waals surface area contributed by atoms with Crippen LogP contribution in [0.15, 0.2) is 97.2 Å². The topological polar surface area (TPSA) is 55.1 Å². The van der Waals surface area contributed by atoms with Gasteiger partial charge in [0.2, 0.25) is 0 Å². The first-order valence-corrected chi connectivity index (χ1v) is 12.3. The molecule has 0 bridgehead atoms. The second-order valence-corrected chi connectivity index (χ2v) is 9.40. The molecule has 3 heterocycles. The number of hydrogen-bond acceptors (Lipinski definition) is 2. The number of rotatable bonds is 3. The average molecular weight is 512 g/mol. The van der Waals surface area contributed by atoms with Crippen molar-refractivity contribution >= 4 is 23.3 Å². The highest BCUT2D eigenvalue weighted by Crippen LogP contribution is 2.39. The fraction of sp³-hybridized carbons (Fsp3) is 0.103. The quantitative estimate of drug-likeness (QED) is 0.286. The smallest absolute Gasteiger partial charge is 0.308 e. The summed E-state index contributed by atoms with van der Waals surface area (Å²) in [6.07, 6.45) is 1.96. The van der Waals surface area contributed by atoms with E-state index in [4.69, 9.17) is 16.7 Å². The molecule has 1 atom stereocenters. The van der Waals surface area contributed by atoms with Crippen molar-refractivity contribution in [2.75, 3.05) is 5.32 Å². The van der Waals surface area contributed by atoms with Gasteiger partial charge < -0.3 is 14.8 Å². The van der Waals surface area contributed by atoms with Crippen molar-refractivity contribution in [3.63, 3.8) is 0 Å². The van der Waals surface area contributed by atoms with Crippen LogP contribution >= 0.6 is 11.6 Å². The zero-order chi connectivity index (χ0) is 25.5. The zero-order valence-corrected chi connectivity index (χ0v) is 20.7. The minimum atomic E-state index is -0.555. The average Bonchev–Trinajstić information content (AvgIpc) is 3.45. The molecule has 1 aliphatic heterocycles. The van der Waals surface area contributed by atoms with Crippen LogP contribution in [-0.2, 0) is 6.54 Å². The van der Waals surface area contributed by atoms with Crippen LogP contribution in [0.5, 0.6) is 0 Å². The Morgan fingerprint density at radius 1 is 1.00 bits per heavy atom. The first-order chi connectivity index (χ1) is 18.0. The number of aromatic nitrogens is 3. The van der Waals surface area contributed by atoms with Crippen molar-refractivity contribution in [1.82, 2.24) is 19.2 Å². The monoisotopic (exact) mass is 511 g/mol. The van der Waals surface area contributed by atoms with E-state index in [1.165, 1.54) is 12.1 Å². The van der Waals surface area contributed by atoms with Crippen LogP contribution in [0.4, 0.5) is 14.9 Å². The number of nitrogens with one attached hydrogen (secondary N) is 1. The Morgan fingerprint density at radius 2 is 1.81 bits per heavy atom. The number of aryl methyl sites for hydroxylation is 1. The fourth-order valence-corrected chi connectivity index (χ4v) is 5.13. The summed E-state index contributed by atoms with van der Waals surface area (Å²) in [5.74, 6) is 0.488. The van der Waals surface area contributed by atoms with Gasteiger partial charge >= 0.3 is 6.03 Å². The Morgan fingerprint density at radius 3 is 2.59 bits per heavy atom. The summed E-state index contributed by atoms with van der Waals surface area (Å²) in [7, 11) is 0. The lowest BCUT2D eigenvalue weighted by atomic mass is 10.0. The second-order valence-electron chi connectivity index (χ2n) is 8.96. The fourth-order valence-electron chi connectivity index (χ4n) is 4.94. The largest absolute Gasteiger partial charge is 0.322 e. The lowest BCUT2D eigenvalue weighted by Gasteiger charge is -2.31.